The normalized spacial score (nSPS) is 11.3. The molecule has 0 aliphatic heterocycles. The van der Waals surface area contributed by atoms with Crippen molar-refractivity contribution in [2.24, 2.45) is 7.05 Å². The van der Waals surface area contributed by atoms with Gasteiger partial charge in [0.1, 0.15) is 18.2 Å². The zero-order valence-electron chi connectivity index (χ0n) is 19.9. The fourth-order valence-corrected chi connectivity index (χ4v) is 3.78. The zero-order valence-corrected chi connectivity index (χ0v) is 19.9. The summed E-state index contributed by atoms with van der Waals surface area (Å²) in [4.78, 5) is 32.3. The van der Waals surface area contributed by atoms with Gasteiger partial charge in [0.05, 0.1) is 6.54 Å². The van der Waals surface area contributed by atoms with Gasteiger partial charge in [0, 0.05) is 19.2 Å². The molecule has 10 heteroatoms. The Bertz CT molecular complexity index is 1440. The highest BCUT2D eigenvalue weighted by atomic mass is 19.1. The predicted molar refractivity (Wildman–Crippen MR) is 131 cm³/mol. The topological polar surface area (TPSA) is 95.1 Å². The first-order chi connectivity index (χ1) is 16.9. The molecule has 0 spiro atoms. The summed E-state index contributed by atoms with van der Waals surface area (Å²) in [6.45, 7) is 7.62. The average Bonchev–Trinajstić information content (AvgIpc) is 2.88. The van der Waals surface area contributed by atoms with Crippen LogP contribution in [0.2, 0.25) is 0 Å². The van der Waals surface area contributed by atoms with E-state index in [1.807, 2.05) is 12.1 Å². The Morgan fingerprint density at radius 2 is 1.77 bits per heavy atom. The predicted octanol–water partition coefficient (Wildman–Crippen LogP) is 2.46. The minimum absolute atomic E-state index is 0.00746. The number of rotatable bonds is 9. The second-order valence-electron chi connectivity index (χ2n) is 8.07. The van der Waals surface area contributed by atoms with Crippen LogP contribution in [-0.4, -0.2) is 55.5 Å². The molecule has 4 aromatic rings. The van der Waals surface area contributed by atoms with Crippen molar-refractivity contribution in [3.05, 3.63) is 80.7 Å². The Kier molecular flexibility index (Phi) is 7.31. The third-order valence-electron chi connectivity index (χ3n) is 5.86. The standard InChI is InChI=1S/C25H27FN6O3/c1-4-31(5-2)13-14-35-20-11-9-18(10-12-20)22-27-21-23(29-28-22)32(25(34)30(3)24(21)33)16-17-7-6-8-19(26)15-17/h6-12,15H,4-5,13-14,16H2,1-3H3. The molecule has 4 rings (SSSR count). The molecule has 0 unspecified atom stereocenters. The van der Waals surface area contributed by atoms with Crippen LogP contribution in [0.25, 0.3) is 22.6 Å². The van der Waals surface area contributed by atoms with Crippen LogP contribution in [0.1, 0.15) is 19.4 Å². The Morgan fingerprint density at radius 3 is 2.46 bits per heavy atom. The first-order valence-electron chi connectivity index (χ1n) is 11.5. The van der Waals surface area contributed by atoms with Crippen molar-refractivity contribution >= 4 is 11.2 Å². The molecule has 0 amide bonds. The molecular weight excluding hydrogens is 451 g/mol. The van der Waals surface area contributed by atoms with Gasteiger partial charge in [-0.2, -0.15) is 0 Å². The van der Waals surface area contributed by atoms with Crippen LogP contribution in [0.15, 0.2) is 58.1 Å². The van der Waals surface area contributed by atoms with E-state index in [0.29, 0.717) is 17.7 Å². The van der Waals surface area contributed by atoms with Crippen LogP contribution in [-0.2, 0) is 13.6 Å². The molecule has 0 saturated carbocycles. The van der Waals surface area contributed by atoms with E-state index < -0.39 is 17.1 Å². The molecule has 9 nitrogen and oxygen atoms in total. The largest absolute Gasteiger partial charge is 0.492 e. The van der Waals surface area contributed by atoms with Crippen molar-refractivity contribution in [1.29, 1.82) is 0 Å². The van der Waals surface area contributed by atoms with Crippen molar-refractivity contribution in [2.75, 3.05) is 26.2 Å². The number of likely N-dealkylation sites (N-methyl/N-ethyl adjacent to an activating group) is 1. The Morgan fingerprint density at radius 1 is 1.03 bits per heavy atom. The number of nitrogens with zero attached hydrogens (tertiary/aromatic N) is 6. The van der Waals surface area contributed by atoms with Gasteiger partial charge in [-0.15, -0.1) is 10.2 Å². The summed E-state index contributed by atoms with van der Waals surface area (Å²) < 4.78 is 21.7. The number of aromatic nitrogens is 5. The Hall–Kier alpha value is -3.92. The van der Waals surface area contributed by atoms with Crippen molar-refractivity contribution in [3.8, 4) is 17.1 Å². The van der Waals surface area contributed by atoms with E-state index in [9.17, 15) is 14.0 Å². The number of fused-ring (bicyclic) bond motifs is 1. The van der Waals surface area contributed by atoms with Gasteiger partial charge < -0.3 is 9.64 Å². The van der Waals surface area contributed by atoms with Crippen molar-refractivity contribution in [3.63, 3.8) is 0 Å². The summed E-state index contributed by atoms with van der Waals surface area (Å²) in [5, 5.41) is 8.31. The highest BCUT2D eigenvalue weighted by molar-refractivity contribution is 5.71. The maximum absolute atomic E-state index is 13.6. The lowest BCUT2D eigenvalue weighted by molar-refractivity contribution is 0.223. The first kappa shape index (κ1) is 24.2. The van der Waals surface area contributed by atoms with Crippen molar-refractivity contribution in [1.82, 2.24) is 29.2 Å². The van der Waals surface area contributed by atoms with Crippen LogP contribution >= 0.6 is 0 Å². The van der Waals surface area contributed by atoms with Crippen LogP contribution in [0.5, 0.6) is 5.75 Å². The van der Waals surface area contributed by atoms with E-state index >= 15 is 0 Å². The Labute approximate surface area is 201 Å². The smallest absolute Gasteiger partial charge is 0.332 e. The highest BCUT2D eigenvalue weighted by Gasteiger charge is 2.16. The summed E-state index contributed by atoms with van der Waals surface area (Å²) in [5.74, 6) is 0.548. The molecule has 0 bridgehead atoms. The monoisotopic (exact) mass is 478 g/mol. The quantitative estimate of drug-likeness (QED) is 0.365. The summed E-state index contributed by atoms with van der Waals surface area (Å²) in [6, 6.07) is 13.1. The van der Waals surface area contributed by atoms with Gasteiger partial charge in [-0.05, 0) is 55.1 Å². The molecule has 0 atom stereocenters. The van der Waals surface area contributed by atoms with E-state index in [1.54, 1.807) is 24.3 Å². The lowest BCUT2D eigenvalue weighted by Crippen LogP contribution is -2.39. The second kappa shape index (κ2) is 10.6. The maximum Gasteiger partial charge on any atom is 0.332 e. The van der Waals surface area contributed by atoms with Gasteiger partial charge in [-0.1, -0.05) is 26.0 Å². The lowest BCUT2D eigenvalue weighted by atomic mass is 10.2. The molecule has 35 heavy (non-hydrogen) atoms. The van der Waals surface area contributed by atoms with Crippen molar-refractivity contribution in [2.45, 2.75) is 20.4 Å². The van der Waals surface area contributed by atoms with Crippen molar-refractivity contribution < 1.29 is 9.13 Å². The number of benzene rings is 2. The molecule has 0 radical (unpaired) electrons. The third kappa shape index (κ3) is 5.27. The van der Waals surface area contributed by atoms with E-state index in [0.717, 1.165) is 30.0 Å². The minimum atomic E-state index is -0.582. The lowest BCUT2D eigenvalue weighted by Gasteiger charge is -2.18. The van der Waals surface area contributed by atoms with E-state index in [1.165, 1.54) is 23.7 Å². The van der Waals surface area contributed by atoms with Gasteiger partial charge in [0.2, 0.25) is 0 Å². The van der Waals surface area contributed by atoms with Crippen LogP contribution in [0, 0.1) is 5.82 Å². The summed E-state index contributed by atoms with van der Waals surface area (Å²) in [7, 11) is 1.37. The zero-order chi connectivity index (χ0) is 24.9. The summed E-state index contributed by atoms with van der Waals surface area (Å²) >= 11 is 0. The second-order valence-corrected chi connectivity index (χ2v) is 8.07. The van der Waals surface area contributed by atoms with E-state index in [2.05, 4.69) is 33.9 Å². The van der Waals surface area contributed by atoms with Crippen LogP contribution in [0.4, 0.5) is 4.39 Å². The van der Waals surface area contributed by atoms with Gasteiger partial charge in [-0.3, -0.25) is 13.9 Å². The molecule has 0 N–H and O–H groups in total. The summed E-state index contributed by atoms with van der Waals surface area (Å²) in [6.07, 6.45) is 0. The molecule has 0 fully saturated rings. The first-order valence-corrected chi connectivity index (χ1v) is 11.5. The number of ether oxygens (including phenoxy) is 1. The van der Waals surface area contributed by atoms with Gasteiger partial charge in [0.15, 0.2) is 17.0 Å². The van der Waals surface area contributed by atoms with Crippen LogP contribution < -0.4 is 16.0 Å². The number of hydrogen-bond acceptors (Lipinski definition) is 7. The molecular formula is C25H27FN6O3. The SMILES string of the molecule is CCN(CC)CCOc1ccc(-c2nnc3c(n2)c(=O)n(C)c(=O)n3Cc2cccc(F)c2)cc1. The van der Waals surface area contributed by atoms with Crippen LogP contribution in [0.3, 0.4) is 0 Å². The highest BCUT2D eigenvalue weighted by Crippen LogP contribution is 2.20. The Balaban J connectivity index is 1.63. The third-order valence-corrected chi connectivity index (χ3v) is 5.86. The molecule has 2 aromatic carbocycles. The van der Waals surface area contributed by atoms with Gasteiger partial charge in [0.25, 0.3) is 5.56 Å². The van der Waals surface area contributed by atoms with E-state index in [-0.39, 0.29) is 23.5 Å². The number of hydrogen-bond donors (Lipinski definition) is 0. The number of halogens is 1. The van der Waals surface area contributed by atoms with Gasteiger partial charge in [-0.25, -0.2) is 14.2 Å². The molecule has 2 heterocycles. The molecule has 182 valence electrons. The summed E-state index contributed by atoms with van der Waals surface area (Å²) in [5.41, 5.74) is 0.0975. The molecule has 0 aliphatic carbocycles. The molecule has 0 saturated heterocycles. The fourth-order valence-electron chi connectivity index (χ4n) is 3.78. The minimum Gasteiger partial charge on any atom is -0.492 e. The average molecular weight is 479 g/mol. The maximum atomic E-state index is 13.6. The fraction of sp³-hybridized carbons (Fsp3) is 0.320. The molecule has 2 aromatic heterocycles. The van der Waals surface area contributed by atoms with E-state index in [4.69, 9.17) is 4.74 Å². The molecule has 0 aliphatic rings. The van der Waals surface area contributed by atoms with Gasteiger partial charge >= 0.3 is 5.69 Å².